The minimum Gasteiger partial charge on any atom is -0.462 e. The van der Waals surface area contributed by atoms with Crippen molar-refractivity contribution in [2.75, 3.05) is 0 Å². The van der Waals surface area contributed by atoms with Crippen molar-refractivity contribution in [2.45, 2.75) is 72.3 Å². The van der Waals surface area contributed by atoms with Gasteiger partial charge in [0.2, 0.25) is 0 Å². The Morgan fingerprint density at radius 1 is 1.35 bits per heavy atom. The fourth-order valence-corrected chi connectivity index (χ4v) is 2.80. The molecule has 0 unspecified atom stereocenters. The van der Waals surface area contributed by atoms with Crippen molar-refractivity contribution in [1.82, 2.24) is 0 Å². The summed E-state index contributed by atoms with van der Waals surface area (Å²) in [5.41, 5.74) is 0. The van der Waals surface area contributed by atoms with Gasteiger partial charge in [-0.15, -0.1) is 0 Å². The highest BCUT2D eigenvalue weighted by molar-refractivity contribution is 5.69. The zero-order valence-corrected chi connectivity index (χ0v) is 11.9. The van der Waals surface area contributed by atoms with Crippen molar-refractivity contribution in [3.63, 3.8) is 0 Å². The lowest BCUT2D eigenvalue weighted by Gasteiger charge is -2.36. The summed E-state index contributed by atoms with van der Waals surface area (Å²) in [4.78, 5) is 11.7. The van der Waals surface area contributed by atoms with Crippen LogP contribution in [0.4, 0.5) is 0 Å². The zero-order chi connectivity index (χ0) is 12.8. The summed E-state index contributed by atoms with van der Waals surface area (Å²) in [5.74, 6) is 1.90. The maximum Gasteiger partial charge on any atom is 0.306 e. The molecule has 0 N–H and O–H groups in total. The SMILES string of the molecule is CCCCC(=O)O[C@@H]1C[C@H](C)CC[C@H]1C(C)C. The third kappa shape index (κ3) is 4.69. The van der Waals surface area contributed by atoms with Crippen LogP contribution in [0, 0.1) is 17.8 Å². The van der Waals surface area contributed by atoms with E-state index >= 15 is 0 Å². The molecular formula is C15H28O2. The number of carbonyl (C=O) groups excluding carboxylic acids is 1. The van der Waals surface area contributed by atoms with Gasteiger partial charge in [0.1, 0.15) is 6.10 Å². The first-order chi connectivity index (χ1) is 8.04. The summed E-state index contributed by atoms with van der Waals surface area (Å²) in [5, 5.41) is 0. The second-order valence-corrected chi connectivity index (χ2v) is 5.96. The van der Waals surface area contributed by atoms with E-state index in [0.717, 1.165) is 19.3 Å². The third-order valence-electron chi connectivity index (χ3n) is 3.98. The zero-order valence-electron chi connectivity index (χ0n) is 11.9. The van der Waals surface area contributed by atoms with Crippen LogP contribution in [0.2, 0.25) is 0 Å². The van der Waals surface area contributed by atoms with Crippen molar-refractivity contribution < 1.29 is 9.53 Å². The standard InChI is InChI=1S/C15H28O2/c1-5-6-7-15(16)17-14-10-12(4)8-9-13(14)11(2)3/h11-14H,5-10H2,1-4H3/t12-,13+,14-/m1/s1. The Bertz CT molecular complexity index is 235. The van der Waals surface area contributed by atoms with Gasteiger partial charge in [-0.3, -0.25) is 4.79 Å². The van der Waals surface area contributed by atoms with E-state index in [4.69, 9.17) is 4.74 Å². The van der Waals surface area contributed by atoms with Gasteiger partial charge >= 0.3 is 5.97 Å². The average Bonchev–Trinajstić information content (AvgIpc) is 2.26. The number of rotatable bonds is 5. The summed E-state index contributed by atoms with van der Waals surface area (Å²) in [7, 11) is 0. The highest BCUT2D eigenvalue weighted by Gasteiger charge is 2.33. The largest absolute Gasteiger partial charge is 0.462 e. The van der Waals surface area contributed by atoms with Gasteiger partial charge in [0.15, 0.2) is 0 Å². The van der Waals surface area contributed by atoms with E-state index in [1.54, 1.807) is 0 Å². The summed E-state index contributed by atoms with van der Waals surface area (Å²) >= 11 is 0. The van der Waals surface area contributed by atoms with E-state index in [2.05, 4.69) is 27.7 Å². The highest BCUT2D eigenvalue weighted by Crippen LogP contribution is 2.35. The molecule has 1 saturated carbocycles. The van der Waals surface area contributed by atoms with Gasteiger partial charge in [0.05, 0.1) is 0 Å². The number of unbranched alkanes of at least 4 members (excludes halogenated alkanes) is 1. The second kappa shape index (κ2) is 7.03. The molecule has 0 aliphatic heterocycles. The van der Waals surface area contributed by atoms with Gasteiger partial charge < -0.3 is 4.74 Å². The van der Waals surface area contributed by atoms with Crippen molar-refractivity contribution in [1.29, 1.82) is 0 Å². The molecule has 100 valence electrons. The molecule has 1 aliphatic rings. The van der Waals surface area contributed by atoms with Crippen LogP contribution in [0.3, 0.4) is 0 Å². The van der Waals surface area contributed by atoms with Crippen molar-refractivity contribution in [2.24, 2.45) is 17.8 Å². The molecule has 0 aromatic heterocycles. The lowest BCUT2D eigenvalue weighted by Crippen LogP contribution is -2.35. The number of ether oxygens (including phenoxy) is 1. The van der Waals surface area contributed by atoms with E-state index in [0.29, 0.717) is 24.2 Å². The molecule has 17 heavy (non-hydrogen) atoms. The van der Waals surface area contributed by atoms with E-state index in [1.165, 1.54) is 12.8 Å². The predicted octanol–water partition coefficient (Wildman–Crippen LogP) is 4.18. The Balaban J connectivity index is 2.48. The topological polar surface area (TPSA) is 26.3 Å². The van der Waals surface area contributed by atoms with E-state index in [9.17, 15) is 4.79 Å². The molecule has 3 atom stereocenters. The number of carbonyl (C=O) groups is 1. The van der Waals surface area contributed by atoms with E-state index in [-0.39, 0.29) is 12.1 Å². The summed E-state index contributed by atoms with van der Waals surface area (Å²) in [6.45, 7) is 8.86. The van der Waals surface area contributed by atoms with Crippen LogP contribution in [-0.2, 0) is 9.53 Å². The fourth-order valence-electron chi connectivity index (χ4n) is 2.80. The molecular weight excluding hydrogens is 212 g/mol. The Morgan fingerprint density at radius 2 is 2.06 bits per heavy atom. The molecule has 0 radical (unpaired) electrons. The molecule has 2 heteroatoms. The van der Waals surface area contributed by atoms with E-state index in [1.807, 2.05) is 0 Å². The highest BCUT2D eigenvalue weighted by atomic mass is 16.5. The van der Waals surface area contributed by atoms with Gasteiger partial charge in [-0.1, -0.05) is 40.5 Å². The first-order valence-electron chi connectivity index (χ1n) is 7.24. The Labute approximate surface area is 106 Å². The van der Waals surface area contributed by atoms with Crippen molar-refractivity contribution >= 4 is 5.97 Å². The summed E-state index contributed by atoms with van der Waals surface area (Å²) < 4.78 is 5.70. The van der Waals surface area contributed by atoms with Gasteiger partial charge in [0.25, 0.3) is 0 Å². The Morgan fingerprint density at radius 3 is 2.65 bits per heavy atom. The molecule has 0 spiro atoms. The monoisotopic (exact) mass is 240 g/mol. The van der Waals surface area contributed by atoms with Crippen molar-refractivity contribution in [3.05, 3.63) is 0 Å². The lowest BCUT2D eigenvalue weighted by molar-refractivity contribution is -0.156. The van der Waals surface area contributed by atoms with Gasteiger partial charge in [-0.05, 0) is 37.0 Å². The average molecular weight is 240 g/mol. The quantitative estimate of drug-likeness (QED) is 0.674. The first-order valence-corrected chi connectivity index (χ1v) is 7.24. The molecule has 0 aromatic carbocycles. The summed E-state index contributed by atoms with van der Waals surface area (Å²) in [6, 6.07) is 0. The smallest absolute Gasteiger partial charge is 0.306 e. The van der Waals surface area contributed by atoms with Crippen LogP contribution in [0.5, 0.6) is 0 Å². The fraction of sp³-hybridized carbons (Fsp3) is 0.933. The minimum absolute atomic E-state index is 0.0107. The molecule has 0 aromatic rings. The van der Waals surface area contributed by atoms with Crippen molar-refractivity contribution in [3.8, 4) is 0 Å². The van der Waals surface area contributed by atoms with Crippen LogP contribution < -0.4 is 0 Å². The predicted molar refractivity (Wildman–Crippen MR) is 70.7 cm³/mol. The number of hydrogen-bond acceptors (Lipinski definition) is 2. The Kier molecular flexibility index (Phi) is 6.01. The molecule has 2 nitrogen and oxygen atoms in total. The van der Waals surface area contributed by atoms with E-state index < -0.39 is 0 Å². The molecule has 0 heterocycles. The molecule has 1 fully saturated rings. The van der Waals surface area contributed by atoms with Crippen LogP contribution in [0.25, 0.3) is 0 Å². The van der Waals surface area contributed by atoms with Gasteiger partial charge in [-0.25, -0.2) is 0 Å². The molecule has 0 saturated heterocycles. The maximum absolute atomic E-state index is 11.7. The first kappa shape index (κ1) is 14.5. The molecule has 0 amide bonds. The van der Waals surface area contributed by atoms with Crippen LogP contribution in [-0.4, -0.2) is 12.1 Å². The van der Waals surface area contributed by atoms with Crippen LogP contribution >= 0.6 is 0 Å². The minimum atomic E-state index is 0.0107. The Hall–Kier alpha value is -0.530. The molecule has 1 rings (SSSR count). The lowest BCUT2D eigenvalue weighted by atomic mass is 9.75. The van der Waals surface area contributed by atoms with Crippen LogP contribution in [0.15, 0.2) is 0 Å². The van der Waals surface area contributed by atoms with Gasteiger partial charge in [0, 0.05) is 6.42 Å². The number of hydrogen-bond donors (Lipinski definition) is 0. The molecule has 1 aliphatic carbocycles. The van der Waals surface area contributed by atoms with Crippen LogP contribution in [0.1, 0.15) is 66.2 Å². The normalized spacial score (nSPS) is 29.4. The van der Waals surface area contributed by atoms with Gasteiger partial charge in [-0.2, -0.15) is 0 Å². The summed E-state index contributed by atoms with van der Waals surface area (Å²) in [6.07, 6.45) is 6.32. The second-order valence-electron chi connectivity index (χ2n) is 5.96. The number of esters is 1. The maximum atomic E-state index is 11.7. The third-order valence-corrected chi connectivity index (χ3v) is 3.98. The molecule has 0 bridgehead atoms.